The second-order valence-electron chi connectivity index (χ2n) is 10.9. The third-order valence-electron chi connectivity index (χ3n) is 8.12. The number of nitrogens with two attached hydrogens (primary N) is 2. The zero-order chi connectivity index (χ0) is 28.4. The number of Topliss-reactive ketones (excluding diaryl/α,β-unsaturated/α-hetero) is 2. The van der Waals surface area contributed by atoms with E-state index >= 15 is 0 Å². The van der Waals surface area contributed by atoms with Gasteiger partial charge < -0.3 is 36.8 Å². The molecule has 0 heterocycles. The van der Waals surface area contributed by atoms with Crippen LogP contribution in [-0.2, 0) is 20.8 Å². The van der Waals surface area contributed by atoms with Gasteiger partial charge in [-0.05, 0) is 64.8 Å². The van der Waals surface area contributed by atoms with E-state index in [1.54, 1.807) is 20.2 Å². The molecule has 0 bridgehead atoms. The van der Waals surface area contributed by atoms with Gasteiger partial charge in [0, 0.05) is 29.8 Å². The third kappa shape index (κ3) is 3.67. The lowest BCUT2D eigenvalue weighted by Crippen LogP contribution is -2.65. The zero-order valence-electron chi connectivity index (χ0n) is 22.3. The van der Waals surface area contributed by atoms with E-state index in [9.17, 15) is 34.8 Å². The van der Waals surface area contributed by atoms with Crippen molar-refractivity contribution in [2.75, 3.05) is 31.3 Å². The highest BCUT2D eigenvalue weighted by molar-refractivity contribution is 6.24. The number of aliphatic hydroxyl groups excluding tert-OH is 2. The smallest absolute Gasteiger partial charge is 0.255 e. The summed E-state index contributed by atoms with van der Waals surface area (Å²) in [6.45, 7) is 6.74. The van der Waals surface area contributed by atoms with Gasteiger partial charge in [0.2, 0.25) is 5.78 Å². The first-order valence-corrected chi connectivity index (χ1v) is 12.8. The molecule has 1 saturated carbocycles. The van der Waals surface area contributed by atoms with Crippen LogP contribution in [0.2, 0.25) is 0 Å². The molecule has 11 nitrogen and oxygen atoms in total. The van der Waals surface area contributed by atoms with Gasteiger partial charge in [-0.1, -0.05) is 6.92 Å². The van der Waals surface area contributed by atoms with E-state index in [-0.39, 0.29) is 35.7 Å². The van der Waals surface area contributed by atoms with E-state index in [4.69, 9.17) is 11.5 Å². The molecule has 3 aliphatic rings. The molecule has 38 heavy (non-hydrogen) atoms. The number of aliphatic hydroxyl groups is 3. The lowest BCUT2D eigenvalue weighted by molar-refractivity contribution is -0.153. The lowest BCUT2D eigenvalue weighted by Gasteiger charge is -2.50. The monoisotopic (exact) mass is 528 g/mol. The zero-order valence-corrected chi connectivity index (χ0v) is 22.3. The summed E-state index contributed by atoms with van der Waals surface area (Å²) < 4.78 is 0. The normalized spacial score (nSPS) is 27.0. The van der Waals surface area contributed by atoms with Gasteiger partial charge >= 0.3 is 0 Å². The summed E-state index contributed by atoms with van der Waals surface area (Å²) in [4.78, 5) is 42.8. The topological polar surface area (TPSA) is 191 Å². The number of benzene rings is 1. The second kappa shape index (κ2) is 9.32. The van der Waals surface area contributed by atoms with Crippen molar-refractivity contribution < 1.29 is 34.8 Å². The molecule has 1 aromatic carbocycles. The molecule has 11 heteroatoms. The number of nitrogens with zero attached hydrogens (tertiary/aromatic N) is 2. The molecule has 206 valence electrons. The maximum atomic E-state index is 13.9. The second-order valence-corrected chi connectivity index (χ2v) is 10.9. The number of nitrogen functional groups attached to an aromatic ring is 1. The molecule has 0 radical (unpaired) electrons. The van der Waals surface area contributed by atoms with Crippen molar-refractivity contribution in [3.63, 3.8) is 0 Å². The summed E-state index contributed by atoms with van der Waals surface area (Å²) in [6, 6.07) is 0.597. The minimum atomic E-state index is -2.67. The van der Waals surface area contributed by atoms with Crippen LogP contribution in [0.5, 0.6) is 5.75 Å². The molecule has 8 N–H and O–H groups in total. The Labute approximate surface area is 221 Å². The molecule has 4 atom stereocenters. The molecule has 0 saturated heterocycles. The van der Waals surface area contributed by atoms with Crippen LogP contribution in [0.15, 0.2) is 23.0 Å². The number of hydrogen-bond donors (Lipinski definition) is 6. The first-order valence-electron chi connectivity index (χ1n) is 12.8. The van der Waals surface area contributed by atoms with Crippen LogP contribution in [0.25, 0.3) is 5.76 Å². The highest BCUT2D eigenvalue weighted by atomic mass is 16.3. The Morgan fingerprint density at radius 3 is 2.37 bits per heavy atom. The van der Waals surface area contributed by atoms with Gasteiger partial charge in [-0.15, -0.1) is 0 Å². The largest absolute Gasteiger partial charge is 0.508 e. The van der Waals surface area contributed by atoms with Crippen LogP contribution < -0.4 is 16.4 Å². The van der Waals surface area contributed by atoms with Crippen molar-refractivity contribution in [3.05, 3.63) is 34.1 Å². The van der Waals surface area contributed by atoms with Crippen LogP contribution in [-0.4, -0.2) is 81.1 Å². The van der Waals surface area contributed by atoms with Crippen molar-refractivity contribution in [2.24, 2.45) is 17.6 Å². The predicted octanol–water partition coefficient (Wildman–Crippen LogP) is 1.17. The number of likely N-dealkylation sites (N-methyl/N-ethyl adjacent to an activating group) is 1. The quantitative estimate of drug-likeness (QED) is 0.177. The Morgan fingerprint density at radius 1 is 1.21 bits per heavy atom. The van der Waals surface area contributed by atoms with Crippen molar-refractivity contribution in [2.45, 2.75) is 57.7 Å². The average Bonchev–Trinajstić information content (AvgIpc) is 2.81. The van der Waals surface area contributed by atoms with Gasteiger partial charge in [0.15, 0.2) is 11.4 Å². The third-order valence-corrected chi connectivity index (χ3v) is 8.12. The highest BCUT2D eigenvalue weighted by Gasteiger charge is 2.64. The fourth-order valence-corrected chi connectivity index (χ4v) is 6.47. The van der Waals surface area contributed by atoms with Crippen molar-refractivity contribution >= 4 is 34.6 Å². The van der Waals surface area contributed by atoms with Gasteiger partial charge in [-0.3, -0.25) is 19.3 Å². The summed E-state index contributed by atoms with van der Waals surface area (Å²) >= 11 is 0. The number of aromatic hydroxyl groups is 1. The summed E-state index contributed by atoms with van der Waals surface area (Å²) in [6.07, 6.45) is 1.08. The van der Waals surface area contributed by atoms with Crippen molar-refractivity contribution in [3.8, 4) is 5.75 Å². The molecule has 3 aliphatic carbocycles. The Balaban J connectivity index is 1.99. The number of primary amides is 1. The maximum Gasteiger partial charge on any atom is 0.255 e. The Bertz CT molecular complexity index is 1300. The molecule has 4 rings (SSSR count). The van der Waals surface area contributed by atoms with E-state index in [1.807, 2.05) is 20.8 Å². The number of carbonyl (C=O) groups excluding carboxylic acids is 3. The highest BCUT2D eigenvalue weighted by Crippen LogP contribution is 2.54. The van der Waals surface area contributed by atoms with E-state index in [0.717, 1.165) is 6.42 Å². The van der Waals surface area contributed by atoms with E-state index < -0.39 is 63.8 Å². The fraction of sp³-hybridized carbons (Fsp3) is 0.519. The minimum absolute atomic E-state index is 0.00181. The van der Waals surface area contributed by atoms with E-state index in [2.05, 4.69) is 4.90 Å². The SMILES string of the molecule is CCCN(c1cc(N)c(O)c2c1CC1CC3[C@H](N(C)C)C(=O)C(C(N)=O)=C(O)[C@@]3(O)C(=O)C1=C2O)C(C)C. The number of anilines is 2. The van der Waals surface area contributed by atoms with Gasteiger partial charge in [-0.25, -0.2) is 0 Å². The molecule has 1 aromatic rings. The maximum absolute atomic E-state index is 13.9. The van der Waals surface area contributed by atoms with Crippen LogP contribution in [0.3, 0.4) is 0 Å². The van der Waals surface area contributed by atoms with Crippen LogP contribution in [0, 0.1) is 11.8 Å². The van der Waals surface area contributed by atoms with Crippen LogP contribution >= 0.6 is 0 Å². The number of hydrogen-bond acceptors (Lipinski definition) is 10. The predicted molar refractivity (Wildman–Crippen MR) is 141 cm³/mol. The van der Waals surface area contributed by atoms with E-state index in [1.165, 1.54) is 4.90 Å². The Morgan fingerprint density at radius 2 is 1.84 bits per heavy atom. The summed E-state index contributed by atoms with van der Waals surface area (Å²) in [7, 11) is 3.13. The number of carbonyl (C=O) groups is 3. The first kappa shape index (κ1) is 27.5. The number of fused-ring (bicyclic) bond motifs is 3. The molecule has 0 aromatic heterocycles. The molecule has 1 amide bonds. The van der Waals surface area contributed by atoms with E-state index in [0.29, 0.717) is 17.8 Å². The number of phenolic OH excluding ortho intramolecular Hbond substituents is 1. The molecule has 0 spiro atoms. The lowest BCUT2D eigenvalue weighted by atomic mass is 9.57. The van der Waals surface area contributed by atoms with Gasteiger partial charge in [0.1, 0.15) is 22.8 Å². The number of rotatable bonds is 6. The molecule has 0 aliphatic heterocycles. The Kier molecular flexibility index (Phi) is 6.73. The average molecular weight is 529 g/mol. The van der Waals surface area contributed by atoms with Crippen molar-refractivity contribution in [1.29, 1.82) is 0 Å². The molecule has 2 unspecified atom stereocenters. The van der Waals surface area contributed by atoms with Gasteiger partial charge in [-0.2, -0.15) is 0 Å². The van der Waals surface area contributed by atoms with Crippen LogP contribution in [0.1, 0.15) is 44.7 Å². The standard InChI is InChI=1S/C27H36N4O7/c1-6-7-31(11(2)3)16-10-15(28)21(32)18-13(16)8-12-9-14-20(30(4)5)23(34)19(26(29)37)25(36)27(14,38)24(35)17(12)22(18)33/h10-12,14,20,32-33,36,38H,6-9,28H2,1-5H3,(H2,29,37)/t12?,14?,20-,27-/m0/s1. The number of phenols is 1. The fourth-order valence-electron chi connectivity index (χ4n) is 6.47. The van der Waals surface area contributed by atoms with Gasteiger partial charge in [0.25, 0.3) is 5.91 Å². The Hall–Kier alpha value is -3.57. The number of ketones is 2. The molecule has 1 fully saturated rings. The summed E-state index contributed by atoms with van der Waals surface area (Å²) in [5.74, 6) is -6.91. The molecular weight excluding hydrogens is 492 g/mol. The van der Waals surface area contributed by atoms with Crippen LogP contribution in [0.4, 0.5) is 11.4 Å². The summed E-state index contributed by atoms with van der Waals surface area (Å²) in [5.41, 5.74) is 9.11. The summed E-state index contributed by atoms with van der Waals surface area (Å²) in [5, 5.41) is 45.0. The van der Waals surface area contributed by atoms with Crippen molar-refractivity contribution in [1.82, 2.24) is 4.90 Å². The first-order chi connectivity index (χ1) is 17.7. The number of amides is 1. The minimum Gasteiger partial charge on any atom is -0.508 e. The van der Waals surface area contributed by atoms with Gasteiger partial charge in [0.05, 0.1) is 17.3 Å². The molecular formula is C27H36N4O7.